The molecule has 0 amide bonds. The van der Waals surface area contributed by atoms with Crippen molar-refractivity contribution in [1.82, 2.24) is 0 Å². The standard InChI is InChI=1S/C24H37F3Si/c1-18(25)3-2-14-28-15-12-20(13-16-28)5-4-19-6-8-21(9-7-19)22-10-11-23(26)24(27)17-22/h10-11,17-21,28H,2-9,12-16H2,1H3. The molecule has 0 bridgehead atoms. The molecule has 28 heavy (non-hydrogen) atoms. The van der Waals surface area contributed by atoms with Gasteiger partial charge >= 0.3 is 0 Å². The molecule has 0 N–H and O–H groups in total. The minimum atomic E-state index is -0.743. The van der Waals surface area contributed by atoms with Crippen molar-refractivity contribution in [3.05, 3.63) is 35.4 Å². The van der Waals surface area contributed by atoms with Gasteiger partial charge in [-0.2, -0.15) is 0 Å². The van der Waals surface area contributed by atoms with Crippen molar-refractivity contribution in [2.75, 3.05) is 0 Å². The minimum absolute atomic E-state index is 0.403. The van der Waals surface area contributed by atoms with Gasteiger partial charge in [0.2, 0.25) is 0 Å². The fourth-order valence-electron chi connectivity index (χ4n) is 5.52. The van der Waals surface area contributed by atoms with Crippen LogP contribution in [0.3, 0.4) is 0 Å². The maximum Gasteiger partial charge on any atom is 0.159 e. The molecule has 0 nitrogen and oxygen atoms in total. The summed E-state index contributed by atoms with van der Waals surface area (Å²) in [6, 6.07) is 8.75. The average molecular weight is 411 g/mol. The fraction of sp³-hybridized carbons (Fsp3) is 0.750. The molecule has 158 valence electrons. The Morgan fingerprint density at radius 2 is 1.57 bits per heavy atom. The summed E-state index contributed by atoms with van der Waals surface area (Å²) in [5, 5.41) is 0. The molecule has 1 saturated carbocycles. The van der Waals surface area contributed by atoms with Crippen LogP contribution < -0.4 is 0 Å². The number of rotatable bonds is 8. The van der Waals surface area contributed by atoms with Gasteiger partial charge in [-0.25, -0.2) is 13.2 Å². The molecule has 2 aliphatic rings. The van der Waals surface area contributed by atoms with Gasteiger partial charge in [0.25, 0.3) is 0 Å². The smallest absolute Gasteiger partial charge is 0.159 e. The summed E-state index contributed by atoms with van der Waals surface area (Å²) in [6.07, 6.45) is 11.5. The van der Waals surface area contributed by atoms with Gasteiger partial charge in [-0.15, -0.1) is 0 Å². The van der Waals surface area contributed by atoms with Crippen LogP contribution in [0.1, 0.15) is 82.6 Å². The Kier molecular flexibility index (Phi) is 8.49. The second kappa shape index (κ2) is 10.8. The number of hydrogen-bond donors (Lipinski definition) is 0. The predicted molar refractivity (Wildman–Crippen MR) is 114 cm³/mol. The van der Waals surface area contributed by atoms with Crippen molar-refractivity contribution < 1.29 is 13.2 Å². The van der Waals surface area contributed by atoms with Crippen LogP contribution >= 0.6 is 0 Å². The lowest BCUT2D eigenvalue weighted by molar-refractivity contribution is 0.279. The van der Waals surface area contributed by atoms with Gasteiger partial charge < -0.3 is 0 Å². The highest BCUT2D eigenvalue weighted by Crippen LogP contribution is 2.39. The van der Waals surface area contributed by atoms with Gasteiger partial charge in [-0.1, -0.05) is 56.3 Å². The molecule has 1 unspecified atom stereocenters. The second-order valence-electron chi connectivity index (χ2n) is 9.57. The summed E-state index contributed by atoms with van der Waals surface area (Å²) >= 11 is 0. The molecule has 1 saturated heterocycles. The maximum atomic E-state index is 13.5. The normalized spacial score (nSPS) is 29.6. The topological polar surface area (TPSA) is 0 Å². The third-order valence-corrected chi connectivity index (χ3v) is 10.9. The molecule has 1 heterocycles. The van der Waals surface area contributed by atoms with Gasteiger partial charge in [0.1, 0.15) is 0 Å². The van der Waals surface area contributed by atoms with E-state index in [1.54, 1.807) is 13.0 Å². The number of halogens is 3. The van der Waals surface area contributed by atoms with E-state index in [1.165, 1.54) is 68.8 Å². The van der Waals surface area contributed by atoms with Gasteiger partial charge in [0.05, 0.1) is 6.17 Å². The van der Waals surface area contributed by atoms with E-state index in [-0.39, 0.29) is 0 Å². The summed E-state index contributed by atoms with van der Waals surface area (Å²) in [7, 11) is -0.558. The molecule has 1 aromatic rings. The predicted octanol–water partition coefficient (Wildman–Crippen LogP) is 7.79. The van der Waals surface area contributed by atoms with Crippen LogP contribution in [0.5, 0.6) is 0 Å². The van der Waals surface area contributed by atoms with Crippen molar-refractivity contribution in [3.63, 3.8) is 0 Å². The first-order valence-electron chi connectivity index (χ1n) is 11.6. The van der Waals surface area contributed by atoms with Crippen molar-refractivity contribution >= 4 is 8.80 Å². The van der Waals surface area contributed by atoms with Gasteiger partial charge in [0.15, 0.2) is 11.6 Å². The maximum absolute atomic E-state index is 13.5. The van der Waals surface area contributed by atoms with E-state index in [2.05, 4.69) is 0 Å². The molecule has 1 aromatic carbocycles. The lowest BCUT2D eigenvalue weighted by Crippen LogP contribution is -2.22. The zero-order valence-corrected chi connectivity index (χ0v) is 18.6. The Bertz CT molecular complexity index is 588. The Morgan fingerprint density at radius 1 is 0.929 bits per heavy atom. The lowest BCUT2D eigenvalue weighted by atomic mass is 9.76. The fourth-order valence-corrected chi connectivity index (χ4v) is 9.08. The molecule has 2 fully saturated rings. The number of alkyl halides is 1. The highest BCUT2D eigenvalue weighted by molar-refractivity contribution is 6.58. The van der Waals surface area contributed by atoms with Crippen LogP contribution in [-0.2, 0) is 0 Å². The van der Waals surface area contributed by atoms with E-state index >= 15 is 0 Å². The lowest BCUT2D eigenvalue weighted by Gasteiger charge is -2.32. The molecule has 4 heteroatoms. The van der Waals surface area contributed by atoms with E-state index in [1.807, 2.05) is 0 Å². The van der Waals surface area contributed by atoms with E-state index in [9.17, 15) is 13.2 Å². The van der Waals surface area contributed by atoms with Crippen LogP contribution in [-0.4, -0.2) is 15.0 Å². The third-order valence-electron chi connectivity index (χ3n) is 7.43. The molecule has 0 aromatic heterocycles. The first-order chi connectivity index (χ1) is 13.5. The van der Waals surface area contributed by atoms with Gasteiger partial charge in [0, 0.05) is 8.80 Å². The highest BCUT2D eigenvalue weighted by Gasteiger charge is 2.26. The zero-order chi connectivity index (χ0) is 19.9. The van der Waals surface area contributed by atoms with Crippen molar-refractivity contribution in [1.29, 1.82) is 0 Å². The van der Waals surface area contributed by atoms with E-state index in [0.717, 1.165) is 43.1 Å². The summed E-state index contributed by atoms with van der Waals surface area (Å²) in [5.41, 5.74) is 0.975. The Morgan fingerprint density at radius 3 is 2.18 bits per heavy atom. The number of benzene rings is 1. The first kappa shape index (κ1) is 21.9. The van der Waals surface area contributed by atoms with Crippen LogP contribution in [0, 0.1) is 23.5 Å². The van der Waals surface area contributed by atoms with Crippen molar-refractivity contribution in [2.45, 2.75) is 101 Å². The molecule has 1 aliphatic carbocycles. The molecule has 0 spiro atoms. The summed E-state index contributed by atoms with van der Waals surface area (Å²) in [5.74, 6) is 0.695. The van der Waals surface area contributed by atoms with Gasteiger partial charge in [-0.05, 0) is 74.5 Å². The Hall–Kier alpha value is -0.773. The van der Waals surface area contributed by atoms with Crippen LogP contribution in [0.25, 0.3) is 0 Å². The molecule has 3 rings (SSSR count). The summed E-state index contributed by atoms with van der Waals surface area (Å²) in [4.78, 5) is 0. The SMILES string of the molecule is CC(F)CCC[SiH]1CCC(CCC2CCC(c3ccc(F)c(F)c3)CC2)CC1. The zero-order valence-electron chi connectivity index (χ0n) is 17.4. The highest BCUT2D eigenvalue weighted by atomic mass is 28.3. The second-order valence-corrected chi connectivity index (χ2v) is 13.0. The van der Waals surface area contributed by atoms with Gasteiger partial charge in [-0.3, -0.25) is 0 Å². The van der Waals surface area contributed by atoms with Crippen LogP contribution in [0.2, 0.25) is 18.1 Å². The first-order valence-corrected chi connectivity index (χ1v) is 14.0. The average Bonchev–Trinajstić information content (AvgIpc) is 2.70. The summed E-state index contributed by atoms with van der Waals surface area (Å²) < 4.78 is 39.5. The quantitative estimate of drug-likeness (QED) is 0.384. The van der Waals surface area contributed by atoms with Crippen LogP contribution in [0.15, 0.2) is 18.2 Å². The Balaban J connectivity index is 1.31. The monoisotopic (exact) mass is 410 g/mol. The molecular weight excluding hydrogens is 373 g/mol. The number of hydrogen-bond acceptors (Lipinski definition) is 0. The molecule has 1 atom stereocenters. The Labute approximate surface area is 170 Å². The minimum Gasteiger partial charge on any atom is -0.248 e. The largest absolute Gasteiger partial charge is 0.248 e. The molecule has 1 aliphatic heterocycles. The third kappa shape index (κ3) is 6.64. The van der Waals surface area contributed by atoms with Crippen molar-refractivity contribution in [2.24, 2.45) is 11.8 Å². The van der Waals surface area contributed by atoms with E-state index < -0.39 is 26.6 Å². The van der Waals surface area contributed by atoms with E-state index in [4.69, 9.17) is 0 Å². The van der Waals surface area contributed by atoms with E-state index in [0.29, 0.717) is 5.92 Å². The van der Waals surface area contributed by atoms with Crippen LogP contribution in [0.4, 0.5) is 13.2 Å². The van der Waals surface area contributed by atoms with Crippen molar-refractivity contribution in [3.8, 4) is 0 Å². The molecular formula is C24H37F3Si. The molecule has 0 radical (unpaired) electrons. The summed E-state index contributed by atoms with van der Waals surface area (Å²) in [6.45, 7) is 1.68.